The van der Waals surface area contributed by atoms with Gasteiger partial charge < -0.3 is 9.97 Å². The van der Waals surface area contributed by atoms with Crippen molar-refractivity contribution in [3.63, 3.8) is 0 Å². The fourth-order valence-electron chi connectivity index (χ4n) is 2.16. The Hall–Kier alpha value is -2.29. The Balaban J connectivity index is 2.38. The summed E-state index contributed by atoms with van der Waals surface area (Å²) in [6.45, 7) is 2.07. The van der Waals surface area contributed by atoms with E-state index in [9.17, 15) is 4.79 Å². The standard InChI is InChI=1S/C14H12N2O/c1-9-5-2-3-6-10(9)11-7-4-8-12-13(11)16-14(17)15-12/h2-8H,1H3,(H2,15,16,17). The maximum absolute atomic E-state index is 11.3. The van der Waals surface area contributed by atoms with Crippen LogP contribution in [0, 0.1) is 6.92 Å². The van der Waals surface area contributed by atoms with Crippen LogP contribution < -0.4 is 5.69 Å². The first-order valence-electron chi connectivity index (χ1n) is 5.53. The van der Waals surface area contributed by atoms with Crippen LogP contribution >= 0.6 is 0 Å². The molecule has 3 aromatic rings. The number of hydrogen-bond acceptors (Lipinski definition) is 1. The van der Waals surface area contributed by atoms with Crippen molar-refractivity contribution in [3.8, 4) is 11.1 Å². The molecule has 0 fully saturated rings. The summed E-state index contributed by atoms with van der Waals surface area (Å²) in [5, 5.41) is 0. The zero-order valence-electron chi connectivity index (χ0n) is 9.45. The number of aromatic amines is 2. The lowest BCUT2D eigenvalue weighted by atomic mass is 9.99. The Morgan fingerprint density at radius 2 is 1.65 bits per heavy atom. The summed E-state index contributed by atoms with van der Waals surface area (Å²) in [5.41, 5.74) is 4.94. The molecule has 84 valence electrons. The van der Waals surface area contributed by atoms with E-state index in [0.717, 1.165) is 22.2 Å². The summed E-state index contributed by atoms with van der Waals surface area (Å²) >= 11 is 0. The number of benzene rings is 2. The van der Waals surface area contributed by atoms with Gasteiger partial charge in [-0.1, -0.05) is 36.4 Å². The van der Waals surface area contributed by atoms with E-state index < -0.39 is 0 Å². The Bertz CT molecular complexity index is 737. The Kier molecular flexibility index (Phi) is 2.11. The summed E-state index contributed by atoms with van der Waals surface area (Å²) in [4.78, 5) is 17.0. The molecule has 0 radical (unpaired) electrons. The van der Waals surface area contributed by atoms with Crippen LogP contribution in [0.1, 0.15) is 5.56 Å². The molecule has 0 unspecified atom stereocenters. The van der Waals surface area contributed by atoms with Gasteiger partial charge in [-0.15, -0.1) is 0 Å². The van der Waals surface area contributed by atoms with Crippen molar-refractivity contribution in [1.29, 1.82) is 0 Å². The second-order valence-electron chi connectivity index (χ2n) is 4.12. The number of fused-ring (bicyclic) bond motifs is 1. The fourth-order valence-corrected chi connectivity index (χ4v) is 2.16. The fraction of sp³-hybridized carbons (Fsp3) is 0.0714. The van der Waals surface area contributed by atoms with Crippen LogP contribution in [0.3, 0.4) is 0 Å². The van der Waals surface area contributed by atoms with E-state index in [0.29, 0.717) is 0 Å². The molecule has 0 saturated carbocycles. The minimum Gasteiger partial charge on any atom is -0.306 e. The van der Waals surface area contributed by atoms with Gasteiger partial charge in [0.05, 0.1) is 11.0 Å². The van der Waals surface area contributed by atoms with Gasteiger partial charge in [0.2, 0.25) is 0 Å². The van der Waals surface area contributed by atoms with Crippen LogP contribution in [0.4, 0.5) is 0 Å². The van der Waals surface area contributed by atoms with Crippen LogP contribution in [0.2, 0.25) is 0 Å². The van der Waals surface area contributed by atoms with E-state index in [2.05, 4.69) is 29.0 Å². The molecule has 3 heteroatoms. The van der Waals surface area contributed by atoms with Crippen LogP contribution in [0.15, 0.2) is 47.3 Å². The van der Waals surface area contributed by atoms with Gasteiger partial charge in [-0.3, -0.25) is 0 Å². The molecule has 1 aromatic heterocycles. The first-order valence-corrected chi connectivity index (χ1v) is 5.53. The second kappa shape index (κ2) is 3.63. The Morgan fingerprint density at radius 1 is 0.882 bits per heavy atom. The van der Waals surface area contributed by atoms with Crippen molar-refractivity contribution in [3.05, 3.63) is 58.5 Å². The topological polar surface area (TPSA) is 48.6 Å². The van der Waals surface area contributed by atoms with Crippen molar-refractivity contribution < 1.29 is 0 Å². The van der Waals surface area contributed by atoms with E-state index >= 15 is 0 Å². The van der Waals surface area contributed by atoms with E-state index in [1.807, 2.05) is 30.3 Å². The summed E-state index contributed by atoms with van der Waals surface area (Å²) in [5.74, 6) is 0. The molecule has 0 saturated heterocycles. The third-order valence-corrected chi connectivity index (χ3v) is 2.99. The Labute approximate surface area is 98.1 Å². The largest absolute Gasteiger partial charge is 0.323 e. The molecule has 0 bridgehead atoms. The third kappa shape index (κ3) is 1.56. The minimum absolute atomic E-state index is 0.166. The number of nitrogens with one attached hydrogen (secondary N) is 2. The highest BCUT2D eigenvalue weighted by Crippen LogP contribution is 2.28. The lowest BCUT2D eigenvalue weighted by Crippen LogP contribution is -1.99. The van der Waals surface area contributed by atoms with Gasteiger partial charge in [0.1, 0.15) is 0 Å². The third-order valence-electron chi connectivity index (χ3n) is 2.99. The number of para-hydroxylation sites is 1. The van der Waals surface area contributed by atoms with Crippen molar-refractivity contribution in [2.24, 2.45) is 0 Å². The molecular formula is C14H12N2O. The summed E-state index contributed by atoms with van der Waals surface area (Å²) in [7, 11) is 0. The van der Waals surface area contributed by atoms with Gasteiger partial charge in [0.25, 0.3) is 0 Å². The van der Waals surface area contributed by atoms with Gasteiger partial charge in [-0.05, 0) is 24.1 Å². The molecule has 0 aliphatic rings. The van der Waals surface area contributed by atoms with E-state index in [1.165, 1.54) is 5.56 Å². The number of aryl methyl sites for hydroxylation is 1. The summed E-state index contributed by atoms with van der Waals surface area (Å²) in [6, 6.07) is 14.0. The molecule has 1 heterocycles. The first kappa shape index (κ1) is 9.90. The van der Waals surface area contributed by atoms with E-state index in [-0.39, 0.29) is 5.69 Å². The van der Waals surface area contributed by atoms with Gasteiger partial charge in [0, 0.05) is 5.56 Å². The predicted molar refractivity (Wildman–Crippen MR) is 69.1 cm³/mol. The maximum Gasteiger partial charge on any atom is 0.323 e. The summed E-state index contributed by atoms with van der Waals surface area (Å²) in [6.07, 6.45) is 0. The molecule has 2 aromatic carbocycles. The monoisotopic (exact) mass is 224 g/mol. The molecule has 0 aliphatic carbocycles. The quantitative estimate of drug-likeness (QED) is 0.656. The van der Waals surface area contributed by atoms with Crippen molar-refractivity contribution in [2.45, 2.75) is 6.92 Å². The molecule has 3 nitrogen and oxygen atoms in total. The highest BCUT2D eigenvalue weighted by Gasteiger charge is 2.07. The van der Waals surface area contributed by atoms with Crippen molar-refractivity contribution >= 4 is 11.0 Å². The van der Waals surface area contributed by atoms with E-state index in [4.69, 9.17) is 0 Å². The lowest BCUT2D eigenvalue weighted by Gasteiger charge is -2.06. The van der Waals surface area contributed by atoms with Crippen LogP contribution in [-0.2, 0) is 0 Å². The second-order valence-corrected chi connectivity index (χ2v) is 4.12. The molecule has 0 atom stereocenters. The number of H-pyrrole nitrogens is 2. The zero-order chi connectivity index (χ0) is 11.8. The average Bonchev–Trinajstić information content (AvgIpc) is 2.70. The average molecular weight is 224 g/mol. The van der Waals surface area contributed by atoms with Crippen LogP contribution in [-0.4, -0.2) is 9.97 Å². The number of imidazole rings is 1. The van der Waals surface area contributed by atoms with Crippen LogP contribution in [0.5, 0.6) is 0 Å². The normalized spacial score (nSPS) is 10.9. The number of aromatic nitrogens is 2. The van der Waals surface area contributed by atoms with Gasteiger partial charge in [-0.25, -0.2) is 4.79 Å². The molecule has 17 heavy (non-hydrogen) atoms. The molecule has 0 aliphatic heterocycles. The smallest absolute Gasteiger partial charge is 0.306 e. The maximum atomic E-state index is 11.3. The molecule has 2 N–H and O–H groups in total. The van der Waals surface area contributed by atoms with Gasteiger partial charge in [0.15, 0.2) is 0 Å². The van der Waals surface area contributed by atoms with Crippen molar-refractivity contribution in [1.82, 2.24) is 9.97 Å². The molecule has 0 spiro atoms. The number of rotatable bonds is 1. The predicted octanol–water partition coefficient (Wildman–Crippen LogP) is 2.83. The zero-order valence-corrected chi connectivity index (χ0v) is 9.45. The van der Waals surface area contributed by atoms with Gasteiger partial charge >= 0.3 is 5.69 Å². The van der Waals surface area contributed by atoms with Crippen molar-refractivity contribution in [2.75, 3.05) is 0 Å². The highest BCUT2D eigenvalue weighted by atomic mass is 16.1. The molecular weight excluding hydrogens is 212 g/mol. The Morgan fingerprint density at radius 3 is 2.47 bits per heavy atom. The van der Waals surface area contributed by atoms with Crippen LogP contribution in [0.25, 0.3) is 22.2 Å². The lowest BCUT2D eigenvalue weighted by molar-refractivity contribution is 1.21. The highest BCUT2D eigenvalue weighted by molar-refractivity contribution is 5.92. The number of hydrogen-bond donors (Lipinski definition) is 2. The minimum atomic E-state index is -0.166. The molecule has 0 amide bonds. The van der Waals surface area contributed by atoms with E-state index in [1.54, 1.807) is 0 Å². The van der Waals surface area contributed by atoms with Gasteiger partial charge in [-0.2, -0.15) is 0 Å². The first-order chi connectivity index (χ1) is 8.25. The molecule has 3 rings (SSSR count). The summed E-state index contributed by atoms with van der Waals surface area (Å²) < 4.78 is 0. The SMILES string of the molecule is Cc1ccccc1-c1cccc2[nH]c(=O)[nH]c12.